The molecule has 0 spiro atoms. The van der Waals surface area contributed by atoms with E-state index in [-0.39, 0.29) is 11.8 Å². The van der Waals surface area contributed by atoms with Crippen LogP contribution >= 0.6 is 0 Å². The van der Waals surface area contributed by atoms with Gasteiger partial charge in [-0.1, -0.05) is 226 Å². The molecule has 0 heteroatoms. The van der Waals surface area contributed by atoms with Gasteiger partial charge in [-0.25, -0.2) is 0 Å². The highest BCUT2D eigenvalue weighted by Crippen LogP contribution is 2.51. The zero-order valence-corrected chi connectivity index (χ0v) is 34.1. The van der Waals surface area contributed by atoms with Crippen molar-refractivity contribution < 1.29 is 0 Å². The quantitative estimate of drug-likeness (QED) is 0.158. The monoisotopic (exact) mass is 766 g/mol. The summed E-state index contributed by atoms with van der Waals surface area (Å²) in [6.45, 7) is 4.00. The Morgan fingerprint density at radius 1 is 0.367 bits per heavy atom. The average Bonchev–Trinajstić information content (AvgIpc) is 3.33. The third-order valence-corrected chi connectivity index (χ3v) is 12.3. The van der Waals surface area contributed by atoms with Crippen LogP contribution in [0.3, 0.4) is 0 Å². The molecule has 0 nitrogen and oxygen atoms in total. The van der Waals surface area contributed by atoms with E-state index in [9.17, 15) is 0 Å². The third kappa shape index (κ3) is 6.61. The first-order valence-corrected chi connectivity index (χ1v) is 21.3. The molecule has 9 aromatic carbocycles. The lowest BCUT2D eigenvalue weighted by atomic mass is 9.66. The van der Waals surface area contributed by atoms with Crippen molar-refractivity contribution >= 4 is 27.1 Å². The topological polar surface area (TPSA) is 0 Å². The third-order valence-electron chi connectivity index (χ3n) is 12.3. The fourth-order valence-corrected chi connectivity index (χ4v) is 9.63. The predicted octanol–water partition coefficient (Wildman–Crippen LogP) is 16.4. The van der Waals surface area contributed by atoms with Gasteiger partial charge >= 0.3 is 0 Å². The fourth-order valence-electron chi connectivity index (χ4n) is 9.63. The van der Waals surface area contributed by atoms with E-state index in [4.69, 9.17) is 0 Å². The summed E-state index contributed by atoms with van der Waals surface area (Å²) < 4.78 is 0. The summed E-state index contributed by atoms with van der Waals surface area (Å²) in [6, 6.07) is 76.3. The molecule has 2 atom stereocenters. The van der Waals surface area contributed by atoms with E-state index in [1.807, 2.05) is 13.8 Å². The van der Waals surface area contributed by atoms with E-state index < -0.39 is 0 Å². The highest BCUT2D eigenvalue weighted by Gasteiger charge is 2.35. The molecule has 0 aliphatic heterocycles. The Morgan fingerprint density at radius 2 is 0.983 bits per heavy atom. The van der Waals surface area contributed by atoms with E-state index in [0.29, 0.717) is 0 Å². The molecular weight excluding hydrogens is 721 g/mol. The maximum atomic E-state index is 2.51. The molecule has 0 N–H and O–H groups in total. The van der Waals surface area contributed by atoms with Gasteiger partial charge in [0.25, 0.3) is 0 Å². The van der Waals surface area contributed by atoms with Crippen LogP contribution in [0.5, 0.6) is 0 Å². The first kappa shape index (κ1) is 37.0. The molecule has 286 valence electrons. The highest BCUT2D eigenvalue weighted by atomic mass is 14.4. The molecule has 2 unspecified atom stereocenters. The minimum atomic E-state index is 0.154. The number of hydrogen-bond donors (Lipinski definition) is 0. The van der Waals surface area contributed by atoms with Gasteiger partial charge in [0.1, 0.15) is 0 Å². The molecular formula is C60H46. The van der Waals surface area contributed by atoms with Crippen molar-refractivity contribution in [3.05, 3.63) is 258 Å². The summed E-state index contributed by atoms with van der Waals surface area (Å²) in [7, 11) is 0. The largest absolute Gasteiger partial charge is 0.0760 e. The molecule has 0 saturated carbocycles. The molecule has 0 saturated heterocycles. The first-order chi connectivity index (χ1) is 29.8. The summed E-state index contributed by atoms with van der Waals surface area (Å²) in [5.74, 6) is 0.357. The van der Waals surface area contributed by atoms with E-state index in [0.717, 1.165) is 0 Å². The van der Waals surface area contributed by atoms with E-state index in [1.54, 1.807) is 0 Å². The molecule has 0 amide bonds. The Labute approximate surface area is 354 Å². The lowest BCUT2D eigenvalue weighted by Gasteiger charge is -2.37. The molecule has 60 heavy (non-hydrogen) atoms. The van der Waals surface area contributed by atoms with Gasteiger partial charge < -0.3 is 0 Å². The van der Waals surface area contributed by atoms with E-state index in [1.165, 1.54) is 99.5 Å². The Hall–Kier alpha value is -7.28. The molecule has 0 heterocycles. The lowest BCUT2D eigenvalue weighted by Crippen LogP contribution is -2.22. The maximum absolute atomic E-state index is 2.51. The summed E-state index contributed by atoms with van der Waals surface area (Å²) in [5.41, 5.74) is 17.8. The summed E-state index contributed by atoms with van der Waals surface area (Å²) in [4.78, 5) is 0. The van der Waals surface area contributed by atoms with Crippen LogP contribution in [0, 0.1) is 5.92 Å². The molecule has 9 aromatic rings. The summed E-state index contributed by atoms with van der Waals surface area (Å²) in [6.07, 6.45) is 9.21. The second-order valence-corrected chi connectivity index (χ2v) is 15.6. The molecule has 0 radical (unpaired) electrons. The van der Waals surface area contributed by atoms with Crippen LogP contribution in [-0.2, 0) is 0 Å². The normalized spacial score (nSPS) is 15.3. The van der Waals surface area contributed by atoms with Crippen molar-refractivity contribution in [2.75, 3.05) is 0 Å². The molecule has 11 rings (SSSR count). The second-order valence-electron chi connectivity index (χ2n) is 15.6. The van der Waals surface area contributed by atoms with Crippen molar-refractivity contribution in [3.8, 4) is 44.5 Å². The lowest BCUT2D eigenvalue weighted by molar-refractivity contribution is 0.649. The average molecular weight is 767 g/mol. The summed E-state index contributed by atoms with van der Waals surface area (Å²) in [5, 5.41) is 5.01. The standard InChI is InChI=1S/C58H40.C2H6/c1-3-17-40(18-4-1)48-24-9-10-25-49(48)54-35-34-41-31-33-47(38-55(41)58(54)46-23-15-22-44(37-46)45-32-30-39-16-7-8-21-43(39)36-45)57-52-28-13-11-26-50(52)56(42-19-5-2-6-20-42)51-27-12-14-29-53(51)57;1-2/h1-38,52,57H;1-2H3. The zero-order chi connectivity index (χ0) is 40.4. The molecule has 2 aliphatic rings. The molecule has 2 aliphatic carbocycles. The van der Waals surface area contributed by atoms with E-state index >= 15 is 0 Å². The Morgan fingerprint density at radius 3 is 1.80 bits per heavy atom. The number of hydrogen-bond acceptors (Lipinski definition) is 0. The summed E-state index contributed by atoms with van der Waals surface area (Å²) >= 11 is 0. The van der Waals surface area contributed by atoms with Gasteiger partial charge in [-0.3, -0.25) is 0 Å². The SMILES string of the molecule is C1=CC2=C(c3ccccc3)c3ccccc3C(c3ccc4ccc(-c5ccccc5-c5ccccc5)c(-c5cccc(-c6ccc7ccccc7c6)c5)c4c3)C2C=C1.CC. The minimum absolute atomic E-state index is 0.154. The van der Waals surface area contributed by atoms with Gasteiger partial charge in [-0.15, -0.1) is 0 Å². The van der Waals surface area contributed by atoms with E-state index in [2.05, 4.69) is 231 Å². The van der Waals surface area contributed by atoms with Gasteiger partial charge in [0.2, 0.25) is 0 Å². The van der Waals surface area contributed by atoms with Crippen LogP contribution in [0.15, 0.2) is 236 Å². The van der Waals surface area contributed by atoms with Crippen LogP contribution in [0.2, 0.25) is 0 Å². The van der Waals surface area contributed by atoms with Crippen LogP contribution < -0.4 is 0 Å². The van der Waals surface area contributed by atoms with Crippen molar-refractivity contribution in [3.63, 3.8) is 0 Å². The fraction of sp³-hybridized carbons (Fsp3) is 0.0667. The number of fused-ring (bicyclic) bond motifs is 4. The van der Waals surface area contributed by atoms with Crippen LogP contribution in [0.4, 0.5) is 0 Å². The van der Waals surface area contributed by atoms with Gasteiger partial charge in [-0.05, 0) is 118 Å². The van der Waals surface area contributed by atoms with Crippen LogP contribution in [0.25, 0.3) is 71.6 Å². The maximum Gasteiger partial charge on any atom is 0.0199 e. The molecule has 0 fully saturated rings. The van der Waals surface area contributed by atoms with Crippen LogP contribution in [0.1, 0.15) is 42.0 Å². The van der Waals surface area contributed by atoms with Gasteiger partial charge in [0.05, 0.1) is 0 Å². The van der Waals surface area contributed by atoms with Gasteiger partial charge in [-0.2, -0.15) is 0 Å². The predicted molar refractivity (Wildman–Crippen MR) is 257 cm³/mol. The first-order valence-electron chi connectivity index (χ1n) is 21.3. The van der Waals surface area contributed by atoms with Crippen LogP contribution in [-0.4, -0.2) is 0 Å². The second kappa shape index (κ2) is 16.2. The van der Waals surface area contributed by atoms with Crippen molar-refractivity contribution in [2.24, 2.45) is 5.92 Å². The molecule has 0 bridgehead atoms. The molecule has 0 aromatic heterocycles. The van der Waals surface area contributed by atoms with Gasteiger partial charge in [0, 0.05) is 11.8 Å². The van der Waals surface area contributed by atoms with Crippen molar-refractivity contribution in [1.29, 1.82) is 0 Å². The minimum Gasteiger partial charge on any atom is -0.0760 e. The van der Waals surface area contributed by atoms with Crippen molar-refractivity contribution in [1.82, 2.24) is 0 Å². The smallest absolute Gasteiger partial charge is 0.0199 e. The Bertz CT molecular complexity index is 3100. The Kier molecular flexibility index (Phi) is 9.97. The van der Waals surface area contributed by atoms with Crippen molar-refractivity contribution in [2.45, 2.75) is 19.8 Å². The number of benzene rings is 9. The number of rotatable bonds is 6. The Balaban J connectivity index is 0.00000213. The number of allylic oxidation sites excluding steroid dienone is 5. The zero-order valence-electron chi connectivity index (χ0n) is 34.1. The highest BCUT2D eigenvalue weighted by molar-refractivity contribution is 6.07. The van der Waals surface area contributed by atoms with Gasteiger partial charge in [0.15, 0.2) is 0 Å².